The van der Waals surface area contributed by atoms with Gasteiger partial charge in [-0.2, -0.15) is 4.36 Å². The fraction of sp³-hybridized carbons (Fsp3) is 0.0870. The van der Waals surface area contributed by atoms with Gasteiger partial charge in [0.05, 0.1) is 5.56 Å². The van der Waals surface area contributed by atoms with Crippen molar-refractivity contribution in [1.82, 2.24) is 4.98 Å². The van der Waals surface area contributed by atoms with E-state index < -0.39 is 15.6 Å². The average molecular weight is 465 g/mol. The highest BCUT2D eigenvalue weighted by atomic mass is 32.2. The molecule has 0 spiro atoms. The van der Waals surface area contributed by atoms with E-state index in [1.807, 2.05) is 42.5 Å². The lowest BCUT2D eigenvalue weighted by molar-refractivity contribution is 0.100. The van der Waals surface area contributed by atoms with Crippen molar-refractivity contribution in [3.8, 4) is 10.4 Å². The van der Waals surface area contributed by atoms with E-state index in [-0.39, 0.29) is 17.3 Å². The first-order chi connectivity index (χ1) is 15.2. The summed E-state index contributed by atoms with van der Waals surface area (Å²) in [7, 11) is -2.58. The van der Waals surface area contributed by atoms with Crippen molar-refractivity contribution >= 4 is 54.5 Å². The van der Waals surface area contributed by atoms with E-state index in [0.29, 0.717) is 16.8 Å². The number of nitrogens with one attached hydrogen (secondary N) is 1. The monoisotopic (exact) mass is 464 g/mol. The summed E-state index contributed by atoms with van der Waals surface area (Å²) < 4.78 is 16.6. The molecule has 2 heterocycles. The Hall–Kier alpha value is -3.56. The first kappa shape index (κ1) is 21.7. The highest BCUT2D eigenvalue weighted by Gasteiger charge is 2.14. The molecule has 0 saturated heterocycles. The van der Waals surface area contributed by atoms with Gasteiger partial charge in [0, 0.05) is 54.8 Å². The number of rotatable bonds is 4. The minimum Gasteiger partial charge on any atom is -0.383 e. The Morgan fingerprint density at radius 3 is 2.50 bits per heavy atom. The van der Waals surface area contributed by atoms with Gasteiger partial charge in [-0.3, -0.25) is 9.59 Å². The second-order valence-electron chi connectivity index (χ2n) is 7.42. The summed E-state index contributed by atoms with van der Waals surface area (Å²) in [6, 6.07) is 18.2. The molecule has 4 aromatic rings. The Kier molecular flexibility index (Phi) is 5.77. The fourth-order valence-electron chi connectivity index (χ4n) is 3.09. The quantitative estimate of drug-likeness (QED) is 0.456. The number of fused-ring (bicyclic) bond motifs is 1. The third-order valence-electron chi connectivity index (χ3n) is 4.54. The van der Waals surface area contributed by atoms with Gasteiger partial charge in [-0.25, -0.2) is 9.19 Å². The molecule has 0 unspecified atom stereocenters. The van der Waals surface area contributed by atoms with Crippen molar-refractivity contribution in [3.63, 3.8) is 0 Å². The second kappa shape index (κ2) is 8.52. The molecule has 0 aliphatic heterocycles. The van der Waals surface area contributed by atoms with Crippen molar-refractivity contribution in [2.45, 2.75) is 0 Å². The molecule has 9 heteroatoms. The zero-order valence-corrected chi connectivity index (χ0v) is 19.0. The number of aromatic nitrogens is 1. The van der Waals surface area contributed by atoms with Gasteiger partial charge in [0.2, 0.25) is 0 Å². The minimum atomic E-state index is -2.58. The van der Waals surface area contributed by atoms with Crippen molar-refractivity contribution < 1.29 is 13.8 Å². The van der Waals surface area contributed by atoms with Gasteiger partial charge in [0.15, 0.2) is 0 Å². The first-order valence-electron chi connectivity index (χ1n) is 9.57. The van der Waals surface area contributed by atoms with Gasteiger partial charge in [0.25, 0.3) is 11.8 Å². The molecule has 0 fully saturated rings. The lowest BCUT2D eigenvalue weighted by Gasteiger charge is -2.05. The summed E-state index contributed by atoms with van der Waals surface area (Å²) in [4.78, 5) is 29.7. The molecular formula is C23H20N4O3S2. The second-order valence-corrected chi connectivity index (χ2v) is 11.0. The molecule has 0 saturated carbocycles. The van der Waals surface area contributed by atoms with E-state index in [1.54, 1.807) is 18.2 Å². The maximum absolute atomic E-state index is 12.4. The van der Waals surface area contributed by atoms with E-state index in [1.165, 1.54) is 30.0 Å². The third-order valence-corrected chi connectivity index (χ3v) is 6.30. The van der Waals surface area contributed by atoms with Crippen LogP contribution in [0.1, 0.15) is 20.7 Å². The smallest absolute Gasteiger partial charge is 0.286 e. The van der Waals surface area contributed by atoms with E-state index in [0.717, 1.165) is 15.0 Å². The number of benzene rings is 2. The Morgan fingerprint density at radius 2 is 1.78 bits per heavy atom. The number of nitrogen functional groups attached to an aromatic ring is 1. The fourth-order valence-corrected chi connectivity index (χ4v) is 4.66. The summed E-state index contributed by atoms with van der Waals surface area (Å²) in [6.45, 7) is 0. The zero-order chi connectivity index (χ0) is 22.9. The van der Waals surface area contributed by atoms with E-state index in [4.69, 9.17) is 5.73 Å². The average Bonchev–Trinajstić information content (AvgIpc) is 3.16. The summed E-state index contributed by atoms with van der Waals surface area (Å²) in [6.07, 6.45) is 4.13. The predicted octanol–water partition coefficient (Wildman–Crippen LogP) is 4.67. The van der Waals surface area contributed by atoms with Crippen molar-refractivity contribution in [2.24, 2.45) is 4.36 Å². The summed E-state index contributed by atoms with van der Waals surface area (Å²) in [5.41, 5.74) is 8.14. The van der Waals surface area contributed by atoms with Crippen LogP contribution in [0.2, 0.25) is 0 Å². The van der Waals surface area contributed by atoms with E-state index in [2.05, 4.69) is 14.7 Å². The summed E-state index contributed by atoms with van der Waals surface area (Å²) in [5.74, 6) is -0.507. The molecule has 0 bridgehead atoms. The highest BCUT2D eigenvalue weighted by Crippen LogP contribution is 2.37. The molecule has 2 aromatic heterocycles. The molecular weight excluding hydrogens is 444 g/mol. The lowest BCUT2D eigenvalue weighted by atomic mass is 10.1. The van der Waals surface area contributed by atoms with Crippen LogP contribution in [-0.4, -0.2) is 33.5 Å². The molecule has 0 atom stereocenters. The van der Waals surface area contributed by atoms with Crippen LogP contribution < -0.4 is 11.1 Å². The highest BCUT2D eigenvalue weighted by molar-refractivity contribution is 7.92. The molecule has 0 radical (unpaired) electrons. The van der Waals surface area contributed by atoms with Gasteiger partial charge >= 0.3 is 0 Å². The lowest BCUT2D eigenvalue weighted by Crippen LogP contribution is -2.11. The van der Waals surface area contributed by atoms with Gasteiger partial charge in [-0.05, 0) is 47.9 Å². The Morgan fingerprint density at radius 1 is 1.03 bits per heavy atom. The van der Waals surface area contributed by atoms with Gasteiger partial charge in [-0.15, -0.1) is 11.3 Å². The molecule has 2 aromatic carbocycles. The normalized spacial score (nSPS) is 11.3. The minimum absolute atomic E-state index is 0.188. The molecule has 32 heavy (non-hydrogen) atoms. The van der Waals surface area contributed by atoms with Gasteiger partial charge in [-0.1, -0.05) is 18.2 Å². The van der Waals surface area contributed by atoms with Crippen LogP contribution in [0.3, 0.4) is 0 Å². The predicted molar refractivity (Wildman–Crippen MR) is 131 cm³/mol. The van der Waals surface area contributed by atoms with Crippen LogP contribution in [0.5, 0.6) is 0 Å². The SMILES string of the molecule is CS(C)(=O)=NC(=O)c1cnc(N)c(-c2cc3cc(NC(=O)c4ccccc4)ccc3s2)c1. The Balaban J connectivity index is 1.66. The van der Waals surface area contributed by atoms with Crippen molar-refractivity contribution in [3.05, 3.63) is 78.0 Å². The number of nitrogens with two attached hydrogens (primary N) is 1. The van der Waals surface area contributed by atoms with Crippen LogP contribution in [0.25, 0.3) is 20.5 Å². The van der Waals surface area contributed by atoms with E-state index in [9.17, 15) is 13.8 Å². The number of pyridine rings is 1. The Bertz CT molecular complexity index is 1460. The van der Waals surface area contributed by atoms with Crippen LogP contribution in [0, 0.1) is 0 Å². The zero-order valence-electron chi connectivity index (χ0n) is 17.4. The largest absolute Gasteiger partial charge is 0.383 e. The molecule has 4 rings (SSSR count). The Labute approximate surface area is 189 Å². The van der Waals surface area contributed by atoms with Crippen molar-refractivity contribution in [2.75, 3.05) is 23.6 Å². The number of nitrogens with zero attached hydrogens (tertiary/aromatic N) is 2. The van der Waals surface area contributed by atoms with Crippen LogP contribution in [0.4, 0.5) is 11.5 Å². The first-order valence-corrected chi connectivity index (χ1v) is 12.7. The van der Waals surface area contributed by atoms with Gasteiger partial charge < -0.3 is 11.1 Å². The molecule has 0 aliphatic carbocycles. The molecule has 7 nitrogen and oxygen atoms in total. The summed E-state index contributed by atoms with van der Waals surface area (Å²) in [5, 5.41) is 3.82. The number of hydrogen-bond donors (Lipinski definition) is 2. The van der Waals surface area contributed by atoms with Crippen LogP contribution >= 0.6 is 11.3 Å². The van der Waals surface area contributed by atoms with Gasteiger partial charge in [0.1, 0.15) is 5.82 Å². The summed E-state index contributed by atoms with van der Waals surface area (Å²) >= 11 is 1.49. The number of anilines is 2. The maximum atomic E-state index is 12.4. The topological polar surface area (TPSA) is 115 Å². The molecule has 162 valence electrons. The number of hydrogen-bond acceptors (Lipinski definition) is 6. The molecule has 3 N–H and O–H groups in total. The number of carbonyl (C=O) groups is 2. The van der Waals surface area contributed by atoms with Crippen LogP contribution in [0.15, 0.2) is 71.2 Å². The molecule has 0 aliphatic rings. The van der Waals surface area contributed by atoms with E-state index >= 15 is 0 Å². The van der Waals surface area contributed by atoms with Crippen LogP contribution in [-0.2, 0) is 9.73 Å². The standard InChI is InChI=1S/C23H20N4O3S2/c1-32(2,30)27-23(29)16-11-18(21(24)25-13-16)20-12-15-10-17(8-9-19(15)31-20)26-22(28)14-6-4-3-5-7-14/h3-13H,1-2H3,(H2,24,25)(H,26,28). The number of amides is 2. The molecule has 2 amide bonds. The third kappa shape index (κ3) is 4.84. The van der Waals surface area contributed by atoms with Crippen molar-refractivity contribution in [1.29, 1.82) is 0 Å². The maximum Gasteiger partial charge on any atom is 0.286 e. The number of thiophene rings is 1. The number of carbonyl (C=O) groups excluding carboxylic acids is 2.